The van der Waals surface area contributed by atoms with Gasteiger partial charge in [-0.3, -0.25) is 4.79 Å². The lowest BCUT2D eigenvalue weighted by atomic mass is 10.1. The predicted molar refractivity (Wildman–Crippen MR) is 50.6 cm³/mol. The SMILES string of the molecule is CC(CN)CC(=O)N(CC#N)CC#N. The van der Waals surface area contributed by atoms with E-state index in [1.165, 1.54) is 4.90 Å². The summed E-state index contributed by atoms with van der Waals surface area (Å²) in [7, 11) is 0. The molecule has 0 bridgehead atoms. The number of nitrogens with two attached hydrogens (primary N) is 1. The lowest BCUT2D eigenvalue weighted by Gasteiger charge is -2.17. The molecule has 0 saturated heterocycles. The highest BCUT2D eigenvalue weighted by molar-refractivity contribution is 5.76. The van der Waals surface area contributed by atoms with Crippen molar-refractivity contribution >= 4 is 5.91 Å². The van der Waals surface area contributed by atoms with Crippen LogP contribution >= 0.6 is 0 Å². The van der Waals surface area contributed by atoms with E-state index in [1.54, 1.807) is 0 Å². The van der Waals surface area contributed by atoms with Gasteiger partial charge in [0.2, 0.25) is 5.91 Å². The molecule has 0 saturated carbocycles. The van der Waals surface area contributed by atoms with Crippen molar-refractivity contribution in [1.82, 2.24) is 4.90 Å². The monoisotopic (exact) mass is 194 g/mol. The average molecular weight is 194 g/mol. The van der Waals surface area contributed by atoms with Crippen LogP contribution < -0.4 is 5.73 Å². The zero-order valence-corrected chi connectivity index (χ0v) is 8.23. The maximum absolute atomic E-state index is 11.5. The van der Waals surface area contributed by atoms with Crippen molar-refractivity contribution in [2.45, 2.75) is 13.3 Å². The number of nitrogens with zero attached hydrogens (tertiary/aromatic N) is 3. The van der Waals surface area contributed by atoms with E-state index in [-0.39, 0.29) is 24.9 Å². The molecule has 5 nitrogen and oxygen atoms in total. The quantitative estimate of drug-likeness (QED) is 0.615. The second kappa shape index (κ2) is 6.88. The molecule has 5 heteroatoms. The van der Waals surface area contributed by atoms with Gasteiger partial charge in [-0.2, -0.15) is 10.5 Å². The Kier molecular flexibility index (Phi) is 6.09. The van der Waals surface area contributed by atoms with Crippen molar-refractivity contribution < 1.29 is 4.79 Å². The molecule has 0 aromatic carbocycles. The van der Waals surface area contributed by atoms with Crippen molar-refractivity contribution in [2.75, 3.05) is 19.6 Å². The minimum absolute atomic E-state index is 0.0380. The van der Waals surface area contributed by atoms with E-state index in [2.05, 4.69) is 0 Å². The number of hydrogen-bond donors (Lipinski definition) is 1. The standard InChI is InChI=1S/C9H14N4O/c1-8(7-12)6-9(14)13(4-2-10)5-3-11/h8H,4-7,12H2,1H3. The Hall–Kier alpha value is -1.59. The van der Waals surface area contributed by atoms with Crippen LogP contribution in [0.5, 0.6) is 0 Å². The van der Waals surface area contributed by atoms with E-state index in [0.717, 1.165) is 0 Å². The highest BCUT2D eigenvalue weighted by Crippen LogP contribution is 2.03. The second-order valence-electron chi connectivity index (χ2n) is 3.11. The molecule has 1 atom stereocenters. The first-order valence-electron chi connectivity index (χ1n) is 4.37. The average Bonchev–Trinajstić information content (AvgIpc) is 2.17. The summed E-state index contributed by atoms with van der Waals surface area (Å²) in [6.45, 7) is 2.21. The highest BCUT2D eigenvalue weighted by Gasteiger charge is 2.14. The Labute approximate surface area is 83.7 Å². The first kappa shape index (κ1) is 12.4. The Morgan fingerprint density at radius 1 is 1.43 bits per heavy atom. The van der Waals surface area contributed by atoms with Crippen LogP contribution in [0.1, 0.15) is 13.3 Å². The van der Waals surface area contributed by atoms with Crippen molar-refractivity contribution in [2.24, 2.45) is 11.7 Å². The van der Waals surface area contributed by atoms with Gasteiger partial charge >= 0.3 is 0 Å². The number of rotatable bonds is 5. The summed E-state index contributed by atoms with van der Waals surface area (Å²) in [5, 5.41) is 16.9. The van der Waals surface area contributed by atoms with E-state index in [1.807, 2.05) is 19.1 Å². The fourth-order valence-corrected chi connectivity index (χ4v) is 0.913. The molecular weight excluding hydrogens is 180 g/mol. The van der Waals surface area contributed by atoms with Crippen LogP contribution in [0.2, 0.25) is 0 Å². The maximum atomic E-state index is 11.5. The van der Waals surface area contributed by atoms with Crippen LogP contribution in [-0.4, -0.2) is 30.4 Å². The predicted octanol–water partition coefficient (Wildman–Crippen LogP) is -0.153. The topological polar surface area (TPSA) is 93.9 Å². The molecule has 0 rings (SSSR count). The summed E-state index contributed by atoms with van der Waals surface area (Å²) in [6.07, 6.45) is 0.292. The van der Waals surface area contributed by atoms with E-state index in [4.69, 9.17) is 16.3 Å². The van der Waals surface area contributed by atoms with E-state index < -0.39 is 0 Å². The van der Waals surface area contributed by atoms with Gasteiger partial charge in [-0.25, -0.2) is 0 Å². The molecule has 0 aliphatic heterocycles. The third-order valence-electron chi connectivity index (χ3n) is 1.80. The number of carbonyl (C=O) groups is 1. The Balaban J connectivity index is 4.17. The molecule has 0 aliphatic carbocycles. The molecule has 0 heterocycles. The minimum atomic E-state index is -0.189. The molecule has 2 N–H and O–H groups in total. The zero-order valence-electron chi connectivity index (χ0n) is 8.23. The van der Waals surface area contributed by atoms with Crippen LogP contribution in [0.25, 0.3) is 0 Å². The first-order valence-corrected chi connectivity index (χ1v) is 4.37. The van der Waals surface area contributed by atoms with Crippen LogP contribution in [0.4, 0.5) is 0 Å². The Morgan fingerprint density at radius 2 is 1.93 bits per heavy atom. The third-order valence-corrected chi connectivity index (χ3v) is 1.80. The smallest absolute Gasteiger partial charge is 0.224 e. The fourth-order valence-electron chi connectivity index (χ4n) is 0.913. The Bertz CT molecular complexity index is 247. The summed E-state index contributed by atoms with van der Waals surface area (Å²) >= 11 is 0. The maximum Gasteiger partial charge on any atom is 0.224 e. The largest absolute Gasteiger partial charge is 0.330 e. The molecule has 1 amide bonds. The summed E-state index contributed by atoms with van der Waals surface area (Å²) in [6, 6.07) is 3.69. The fraction of sp³-hybridized carbons (Fsp3) is 0.667. The molecule has 0 aliphatic rings. The van der Waals surface area contributed by atoms with Gasteiger partial charge in [0.15, 0.2) is 0 Å². The van der Waals surface area contributed by atoms with Crippen molar-refractivity contribution in [3.63, 3.8) is 0 Å². The zero-order chi connectivity index (χ0) is 11.0. The van der Waals surface area contributed by atoms with Gasteiger partial charge in [0.25, 0.3) is 0 Å². The minimum Gasteiger partial charge on any atom is -0.330 e. The molecule has 0 aromatic heterocycles. The molecule has 1 unspecified atom stereocenters. The summed E-state index contributed by atoms with van der Waals surface area (Å²) in [5.74, 6) is -0.103. The van der Waals surface area contributed by atoms with E-state index in [9.17, 15) is 4.79 Å². The van der Waals surface area contributed by atoms with Crippen molar-refractivity contribution in [3.05, 3.63) is 0 Å². The van der Waals surface area contributed by atoms with Gasteiger partial charge in [-0.1, -0.05) is 6.92 Å². The van der Waals surface area contributed by atoms with Crippen LogP contribution in [0.15, 0.2) is 0 Å². The molecule has 76 valence electrons. The van der Waals surface area contributed by atoms with Crippen molar-refractivity contribution in [1.29, 1.82) is 10.5 Å². The van der Waals surface area contributed by atoms with Gasteiger partial charge < -0.3 is 10.6 Å². The van der Waals surface area contributed by atoms with Crippen LogP contribution in [0.3, 0.4) is 0 Å². The highest BCUT2D eigenvalue weighted by atomic mass is 16.2. The number of carbonyl (C=O) groups excluding carboxylic acids is 1. The van der Waals surface area contributed by atoms with E-state index in [0.29, 0.717) is 13.0 Å². The van der Waals surface area contributed by atoms with Gasteiger partial charge in [0.1, 0.15) is 13.1 Å². The molecule has 0 radical (unpaired) electrons. The third kappa shape index (κ3) is 4.44. The molecule has 0 spiro atoms. The van der Waals surface area contributed by atoms with Crippen LogP contribution in [0, 0.1) is 28.6 Å². The van der Waals surface area contributed by atoms with Gasteiger partial charge in [-0.05, 0) is 12.5 Å². The van der Waals surface area contributed by atoms with Gasteiger partial charge in [0, 0.05) is 6.42 Å². The lowest BCUT2D eigenvalue weighted by Crippen LogP contribution is -2.33. The van der Waals surface area contributed by atoms with Crippen LogP contribution in [-0.2, 0) is 4.79 Å². The normalized spacial score (nSPS) is 11.1. The number of amides is 1. The molecule has 0 aromatic rings. The lowest BCUT2D eigenvalue weighted by molar-refractivity contribution is -0.130. The van der Waals surface area contributed by atoms with Gasteiger partial charge in [-0.15, -0.1) is 0 Å². The first-order chi connectivity index (χ1) is 6.65. The molecule has 0 fully saturated rings. The molecular formula is C9H14N4O. The number of hydrogen-bond acceptors (Lipinski definition) is 4. The molecule has 14 heavy (non-hydrogen) atoms. The number of nitriles is 2. The van der Waals surface area contributed by atoms with Crippen molar-refractivity contribution in [3.8, 4) is 12.1 Å². The summed E-state index contributed by atoms with van der Waals surface area (Å²) in [5.41, 5.74) is 5.37. The summed E-state index contributed by atoms with van der Waals surface area (Å²) in [4.78, 5) is 12.7. The Morgan fingerprint density at radius 3 is 2.29 bits per heavy atom. The van der Waals surface area contributed by atoms with Gasteiger partial charge in [0.05, 0.1) is 12.1 Å². The summed E-state index contributed by atoms with van der Waals surface area (Å²) < 4.78 is 0. The second-order valence-corrected chi connectivity index (χ2v) is 3.11. The van der Waals surface area contributed by atoms with E-state index >= 15 is 0 Å².